The fourth-order valence-electron chi connectivity index (χ4n) is 5.16. The highest BCUT2D eigenvalue weighted by molar-refractivity contribution is 5.62. The summed E-state index contributed by atoms with van der Waals surface area (Å²) >= 11 is 0. The van der Waals surface area contributed by atoms with Crippen LogP contribution < -0.4 is 36.9 Å². The molecule has 0 aromatic carbocycles. The van der Waals surface area contributed by atoms with Crippen LogP contribution in [0.2, 0.25) is 0 Å². The molecule has 11 heteroatoms. The number of nitrogens with zero attached hydrogens (tertiary/aromatic N) is 6. The fourth-order valence-corrected chi connectivity index (χ4v) is 5.16. The molecule has 6 rings (SSSR count). The van der Waals surface area contributed by atoms with Gasteiger partial charge in [0, 0.05) is 73.3 Å². The third kappa shape index (κ3) is 11.1. The van der Waals surface area contributed by atoms with Crippen LogP contribution in [0.25, 0.3) is 33.4 Å². The molecular weight excluding hydrogens is 616 g/mol. The molecule has 238 valence electrons. The summed E-state index contributed by atoms with van der Waals surface area (Å²) in [6, 6.07) is 25.7. The molecule has 0 spiro atoms. The molecule has 6 aromatic rings. The van der Waals surface area contributed by atoms with Crippen molar-refractivity contribution in [3.8, 4) is 33.4 Å². The van der Waals surface area contributed by atoms with E-state index < -0.39 is 10.2 Å². The molecule has 0 fully saturated rings. The van der Waals surface area contributed by atoms with Gasteiger partial charge in [-0.3, -0.25) is 9.97 Å². The summed E-state index contributed by atoms with van der Waals surface area (Å²) in [5.74, 6) is 0. The Morgan fingerprint density at radius 3 is 0.766 bits per heavy atom. The monoisotopic (exact) mass is 651 g/mol. The number of aryl methyl sites for hydroxylation is 4. The van der Waals surface area contributed by atoms with Crippen molar-refractivity contribution in [2.24, 2.45) is 0 Å². The SMILES string of the molecule is [O-][Cl+3]([O-])([O-])[O-].c1cc(-c2cc[n+](CCC[n+]3ccc(-c4cc[n+](CCC[n+]5ccc(-c6ccncc6)cc5)cc4)cc3)cc2)ccn1. The van der Waals surface area contributed by atoms with Crippen LogP contribution in [0.4, 0.5) is 0 Å². The Kier molecular flexibility index (Phi) is 11.8. The summed E-state index contributed by atoms with van der Waals surface area (Å²) in [7, 11) is -4.94. The Hall–Kier alpha value is -4.97. The van der Waals surface area contributed by atoms with Crippen LogP contribution in [0, 0.1) is 10.2 Å². The van der Waals surface area contributed by atoms with Crippen molar-refractivity contribution >= 4 is 0 Å². The second-order valence-electron chi connectivity index (χ2n) is 10.9. The fraction of sp³-hybridized carbons (Fsp3) is 0.167. The Labute approximate surface area is 276 Å². The van der Waals surface area contributed by atoms with Gasteiger partial charge in [-0.2, -0.15) is 0 Å². The zero-order valence-corrected chi connectivity index (χ0v) is 26.5. The van der Waals surface area contributed by atoms with E-state index in [1.807, 2.05) is 49.1 Å². The summed E-state index contributed by atoms with van der Waals surface area (Å²) in [6.07, 6.45) is 26.9. The van der Waals surface area contributed by atoms with Crippen molar-refractivity contribution in [1.82, 2.24) is 9.97 Å². The smallest absolute Gasteiger partial charge is 0.169 e. The number of pyridine rings is 6. The van der Waals surface area contributed by atoms with Gasteiger partial charge in [0.2, 0.25) is 0 Å². The first kappa shape index (κ1) is 33.4. The van der Waals surface area contributed by atoms with Gasteiger partial charge in [0.25, 0.3) is 0 Å². The first-order valence-corrected chi connectivity index (χ1v) is 16.4. The molecule has 0 unspecified atom stereocenters. The molecule has 0 amide bonds. The molecule has 6 heterocycles. The highest BCUT2D eigenvalue weighted by Crippen LogP contribution is 2.17. The van der Waals surface area contributed by atoms with Gasteiger partial charge in [0.05, 0.1) is 12.8 Å². The zero-order valence-electron chi connectivity index (χ0n) is 25.8. The standard InChI is InChI=1S/C36H36N6.ClHO4/c1(19-39-23-7-33(8-24-39)31-3-15-37-16-4-31)21-41-27-11-35(12-28-41)36-13-29-42(30-14-36)22-2-20-40-25-9-34(10-26-40)32-5-17-38-18-6-32;2-1(3,4)5/h3-18,23-30H,1-2,19-22H2;(H,2,3,4,5)/q+4;/p-1. The summed E-state index contributed by atoms with van der Waals surface area (Å²) in [5, 5.41) is 0. The Bertz CT molecular complexity index is 1650. The minimum Gasteiger partial charge on any atom is -0.265 e. The number of rotatable bonds is 11. The summed E-state index contributed by atoms with van der Waals surface area (Å²) in [5.41, 5.74) is 7.30. The molecule has 0 saturated heterocycles. The maximum Gasteiger partial charge on any atom is 0.169 e. The van der Waals surface area contributed by atoms with E-state index in [1.165, 1.54) is 33.4 Å². The van der Waals surface area contributed by atoms with E-state index >= 15 is 0 Å². The molecule has 0 bridgehead atoms. The topological polar surface area (TPSA) is 134 Å². The van der Waals surface area contributed by atoms with Crippen LogP contribution in [-0.4, -0.2) is 9.97 Å². The molecule has 0 radical (unpaired) electrons. The lowest BCUT2D eigenvalue weighted by Gasteiger charge is -2.17. The quantitative estimate of drug-likeness (QED) is 0.182. The molecule has 0 saturated carbocycles. The average Bonchev–Trinajstić information content (AvgIpc) is 3.10. The van der Waals surface area contributed by atoms with E-state index in [0.717, 1.165) is 39.0 Å². The van der Waals surface area contributed by atoms with Gasteiger partial charge in [-0.25, -0.2) is 36.9 Å². The minimum absolute atomic E-state index is 0.985. The van der Waals surface area contributed by atoms with Gasteiger partial charge in [-0.1, -0.05) is 0 Å². The largest absolute Gasteiger partial charge is 0.265 e. The third-order valence-corrected chi connectivity index (χ3v) is 7.59. The van der Waals surface area contributed by atoms with Crippen molar-refractivity contribution in [1.29, 1.82) is 0 Å². The first-order chi connectivity index (χ1) is 22.8. The lowest BCUT2D eigenvalue weighted by molar-refractivity contribution is -2.00. The van der Waals surface area contributed by atoms with Gasteiger partial charge in [0.15, 0.2) is 75.8 Å². The van der Waals surface area contributed by atoms with Crippen LogP contribution >= 0.6 is 0 Å². The van der Waals surface area contributed by atoms with Crippen LogP contribution in [0.15, 0.2) is 147 Å². The third-order valence-electron chi connectivity index (χ3n) is 7.59. The van der Waals surface area contributed by atoms with Crippen molar-refractivity contribution in [3.05, 3.63) is 147 Å². The molecule has 47 heavy (non-hydrogen) atoms. The molecule has 0 N–H and O–H groups in total. The Morgan fingerprint density at radius 1 is 0.362 bits per heavy atom. The molecule has 0 aliphatic carbocycles. The molecule has 0 atom stereocenters. The molecule has 6 aromatic heterocycles. The molecule has 10 nitrogen and oxygen atoms in total. The van der Waals surface area contributed by atoms with Crippen LogP contribution in [0.1, 0.15) is 12.8 Å². The first-order valence-electron chi connectivity index (χ1n) is 15.2. The highest BCUT2D eigenvalue weighted by Gasteiger charge is 2.10. The summed E-state index contributed by atoms with van der Waals surface area (Å²) in [4.78, 5) is 8.20. The molecule has 0 aliphatic rings. The normalized spacial score (nSPS) is 11.1. The van der Waals surface area contributed by atoms with Crippen molar-refractivity contribution < 1.29 is 47.1 Å². The Morgan fingerprint density at radius 2 is 0.553 bits per heavy atom. The van der Waals surface area contributed by atoms with Gasteiger partial charge in [0.1, 0.15) is 0 Å². The van der Waals surface area contributed by atoms with E-state index in [4.69, 9.17) is 18.6 Å². The number of aromatic nitrogens is 6. The van der Waals surface area contributed by atoms with E-state index in [0.29, 0.717) is 0 Å². The second kappa shape index (κ2) is 16.5. The second-order valence-corrected chi connectivity index (χ2v) is 11.6. The maximum atomic E-state index is 8.49. The molecule has 0 aliphatic heterocycles. The van der Waals surface area contributed by atoms with Gasteiger partial charge in [-0.05, 0) is 57.6 Å². The van der Waals surface area contributed by atoms with Crippen LogP contribution in [0.5, 0.6) is 0 Å². The average molecular weight is 652 g/mol. The van der Waals surface area contributed by atoms with Crippen molar-refractivity contribution in [2.45, 2.75) is 39.0 Å². The predicted molar refractivity (Wildman–Crippen MR) is 161 cm³/mol. The lowest BCUT2D eigenvalue weighted by Crippen LogP contribution is -2.68. The maximum absolute atomic E-state index is 8.49. The van der Waals surface area contributed by atoms with Gasteiger partial charge in [-0.15, -0.1) is 10.2 Å². The Balaban J connectivity index is 0.000000807. The highest BCUT2D eigenvalue weighted by atomic mass is 35.7. The van der Waals surface area contributed by atoms with E-state index in [9.17, 15) is 0 Å². The van der Waals surface area contributed by atoms with Crippen LogP contribution in [-0.2, 0) is 26.2 Å². The lowest BCUT2D eigenvalue weighted by atomic mass is 10.1. The van der Waals surface area contributed by atoms with E-state index in [1.54, 1.807) is 0 Å². The van der Waals surface area contributed by atoms with Gasteiger partial charge < -0.3 is 0 Å². The zero-order chi connectivity index (χ0) is 32.9. The summed E-state index contributed by atoms with van der Waals surface area (Å²) < 4.78 is 43.0. The summed E-state index contributed by atoms with van der Waals surface area (Å²) in [6.45, 7) is 3.94. The molecular formula is C36H36ClN6O4+3. The van der Waals surface area contributed by atoms with E-state index in [2.05, 4.69) is 126 Å². The minimum atomic E-state index is -4.94. The number of hydrogen-bond acceptors (Lipinski definition) is 6. The van der Waals surface area contributed by atoms with Crippen molar-refractivity contribution in [2.75, 3.05) is 0 Å². The van der Waals surface area contributed by atoms with E-state index in [-0.39, 0.29) is 0 Å². The van der Waals surface area contributed by atoms with Crippen molar-refractivity contribution in [3.63, 3.8) is 0 Å². The number of hydrogen-bond donors (Lipinski definition) is 0. The number of halogens is 1. The van der Waals surface area contributed by atoms with Crippen LogP contribution in [0.3, 0.4) is 0 Å². The predicted octanol–water partition coefficient (Wildman–Crippen LogP) is 0.0522. The van der Waals surface area contributed by atoms with Gasteiger partial charge >= 0.3 is 0 Å².